The van der Waals surface area contributed by atoms with Gasteiger partial charge in [0.15, 0.2) is 0 Å². The van der Waals surface area contributed by atoms with Gasteiger partial charge in [-0.25, -0.2) is 0 Å². The molecule has 0 atom stereocenters. The molecule has 6 heteroatoms. The van der Waals surface area contributed by atoms with Crippen LogP contribution in [0.5, 0.6) is 0 Å². The van der Waals surface area contributed by atoms with Gasteiger partial charge in [0.25, 0.3) is 5.91 Å². The van der Waals surface area contributed by atoms with Crippen LogP contribution in [0.4, 0.5) is 0 Å². The maximum Gasteiger partial charge on any atom is 0.255 e. The standard InChI is InChI=1S/C21H29N3O3/c1-4-9-22-20(25)17-7-10-23(11-8-17)21(26)19-13-15(2)24(16(19)3)14-18-6-5-12-27-18/h5-6,12-13,17H,4,7-11,14H2,1-3H3,(H,22,25). The van der Waals surface area contributed by atoms with Crippen LogP contribution in [0.15, 0.2) is 28.9 Å². The van der Waals surface area contributed by atoms with Crippen LogP contribution in [-0.4, -0.2) is 40.9 Å². The molecule has 1 N–H and O–H groups in total. The number of carbonyl (C=O) groups is 2. The van der Waals surface area contributed by atoms with E-state index in [1.54, 1.807) is 6.26 Å². The van der Waals surface area contributed by atoms with E-state index in [0.29, 0.717) is 19.6 Å². The Morgan fingerprint density at radius 3 is 2.63 bits per heavy atom. The number of aryl methyl sites for hydroxylation is 1. The zero-order chi connectivity index (χ0) is 19.4. The molecule has 27 heavy (non-hydrogen) atoms. The summed E-state index contributed by atoms with van der Waals surface area (Å²) in [5.41, 5.74) is 2.74. The molecule has 2 aromatic rings. The van der Waals surface area contributed by atoms with Gasteiger partial charge in [0.1, 0.15) is 5.76 Å². The molecule has 3 heterocycles. The van der Waals surface area contributed by atoms with Gasteiger partial charge in [-0.3, -0.25) is 9.59 Å². The van der Waals surface area contributed by atoms with Gasteiger partial charge in [0.05, 0.1) is 18.4 Å². The van der Waals surface area contributed by atoms with Crippen molar-refractivity contribution in [2.45, 2.75) is 46.6 Å². The van der Waals surface area contributed by atoms with Crippen molar-refractivity contribution >= 4 is 11.8 Å². The number of nitrogens with zero attached hydrogens (tertiary/aromatic N) is 2. The van der Waals surface area contributed by atoms with Crippen molar-refractivity contribution in [1.29, 1.82) is 0 Å². The van der Waals surface area contributed by atoms with Gasteiger partial charge >= 0.3 is 0 Å². The molecule has 146 valence electrons. The highest BCUT2D eigenvalue weighted by Gasteiger charge is 2.29. The minimum atomic E-state index is 0.0204. The van der Waals surface area contributed by atoms with Gasteiger partial charge in [-0.1, -0.05) is 6.92 Å². The highest BCUT2D eigenvalue weighted by atomic mass is 16.3. The second-order valence-corrected chi connectivity index (χ2v) is 7.31. The van der Waals surface area contributed by atoms with Crippen molar-refractivity contribution < 1.29 is 14.0 Å². The third-order valence-corrected chi connectivity index (χ3v) is 5.40. The SMILES string of the molecule is CCCNC(=O)C1CCN(C(=O)c2cc(C)n(Cc3ccco3)c2C)CC1. The molecule has 3 rings (SSSR count). The second kappa shape index (κ2) is 8.46. The molecule has 1 fully saturated rings. The number of carbonyl (C=O) groups excluding carboxylic acids is 2. The Kier molecular flexibility index (Phi) is 6.04. The maximum absolute atomic E-state index is 13.0. The van der Waals surface area contributed by atoms with E-state index in [2.05, 4.69) is 9.88 Å². The molecule has 1 saturated heterocycles. The minimum absolute atomic E-state index is 0.0204. The molecule has 2 amide bonds. The normalized spacial score (nSPS) is 15.1. The summed E-state index contributed by atoms with van der Waals surface area (Å²) in [6, 6.07) is 5.77. The summed E-state index contributed by atoms with van der Waals surface area (Å²) >= 11 is 0. The lowest BCUT2D eigenvalue weighted by molar-refractivity contribution is -0.126. The zero-order valence-corrected chi connectivity index (χ0v) is 16.5. The van der Waals surface area contributed by atoms with Crippen LogP contribution >= 0.6 is 0 Å². The molecule has 0 aromatic carbocycles. The lowest BCUT2D eigenvalue weighted by Crippen LogP contribution is -2.43. The lowest BCUT2D eigenvalue weighted by Gasteiger charge is -2.31. The predicted molar refractivity (Wildman–Crippen MR) is 104 cm³/mol. The Morgan fingerprint density at radius 2 is 2.00 bits per heavy atom. The van der Waals surface area contributed by atoms with Crippen LogP contribution in [0.3, 0.4) is 0 Å². The van der Waals surface area contributed by atoms with Gasteiger partial charge in [-0.15, -0.1) is 0 Å². The lowest BCUT2D eigenvalue weighted by atomic mass is 9.95. The fourth-order valence-electron chi connectivity index (χ4n) is 3.73. The third-order valence-electron chi connectivity index (χ3n) is 5.40. The van der Waals surface area contributed by atoms with E-state index < -0.39 is 0 Å². The molecule has 1 aliphatic rings. The zero-order valence-electron chi connectivity index (χ0n) is 16.5. The second-order valence-electron chi connectivity index (χ2n) is 7.31. The van der Waals surface area contributed by atoms with Gasteiger partial charge < -0.3 is 19.2 Å². The van der Waals surface area contributed by atoms with E-state index in [1.807, 2.05) is 43.9 Å². The Hall–Kier alpha value is -2.50. The summed E-state index contributed by atoms with van der Waals surface area (Å²) in [5.74, 6) is 1.07. The predicted octanol–water partition coefficient (Wildman–Crippen LogP) is 3.12. The molecule has 0 spiro atoms. The molecule has 1 aliphatic heterocycles. The number of nitrogens with one attached hydrogen (secondary N) is 1. The van der Waals surface area contributed by atoms with E-state index in [1.165, 1.54) is 0 Å². The Morgan fingerprint density at radius 1 is 1.26 bits per heavy atom. The molecule has 2 aromatic heterocycles. The Labute approximate surface area is 160 Å². The van der Waals surface area contributed by atoms with Crippen LogP contribution in [-0.2, 0) is 11.3 Å². The van der Waals surface area contributed by atoms with Crippen LogP contribution in [0.25, 0.3) is 0 Å². The van der Waals surface area contributed by atoms with Gasteiger partial charge in [-0.2, -0.15) is 0 Å². The average molecular weight is 371 g/mol. The number of hydrogen-bond donors (Lipinski definition) is 1. The third kappa shape index (κ3) is 4.26. The first kappa shape index (κ1) is 19.3. The molecule has 6 nitrogen and oxygen atoms in total. The van der Waals surface area contributed by atoms with Crippen LogP contribution < -0.4 is 5.32 Å². The first-order valence-corrected chi connectivity index (χ1v) is 9.77. The summed E-state index contributed by atoms with van der Waals surface area (Å²) in [6.45, 7) is 8.64. The van der Waals surface area contributed by atoms with Gasteiger partial charge in [-0.05, 0) is 51.3 Å². The van der Waals surface area contributed by atoms with Crippen LogP contribution in [0.1, 0.15) is 53.7 Å². The van der Waals surface area contributed by atoms with Crippen molar-refractivity contribution in [3.63, 3.8) is 0 Å². The number of amides is 2. The highest BCUT2D eigenvalue weighted by Crippen LogP contribution is 2.23. The van der Waals surface area contributed by atoms with Crippen molar-refractivity contribution in [3.8, 4) is 0 Å². The number of likely N-dealkylation sites (tertiary alicyclic amines) is 1. The fraction of sp³-hybridized carbons (Fsp3) is 0.524. The summed E-state index contributed by atoms with van der Waals surface area (Å²) in [5, 5.41) is 2.96. The van der Waals surface area contributed by atoms with E-state index in [-0.39, 0.29) is 17.7 Å². The first-order chi connectivity index (χ1) is 13.0. The van der Waals surface area contributed by atoms with Gasteiger partial charge in [0, 0.05) is 36.9 Å². The minimum Gasteiger partial charge on any atom is -0.467 e. The summed E-state index contributed by atoms with van der Waals surface area (Å²) < 4.78 is 7.55. The largest absolute Gasteiger partial charge is 0.467 e. The number of piperidine rings is 1. The van der Waals surface area contributed by atoms with Crippen molar-refractivity contribution in [1.82, 2.24) is 14.8 Å². The highest BCUT2D eigenvalue weighted by molar-refractivity contribution is 5.96. The Bertz CT molecular complexity index is 784. The first-order valence-electron chi connectivity index (χ1n) is 9.77. The molecular formula is C21H29N3O3. The summed E-state index contributed by atoms with van der Waals surface area (Å²) in [4.78, 5) is 27.0. The van der Waals surface area contributed by atoms with Crippen molar-refractivity contribution in [2.75, 3.05) is 19.6 Å². The van der Waals surface area contributed by atoms with E-state index in [0.717, 1.165) is 48.5 Å². The quantitative estimate of drug-likeness (QED) is 0.848. The van der Waals surface area contributed by atoms with E-state index >= 15 is 0 Å². The maximum atomic E-state index is 13.0. The van der Waals surface area contributed by atoms with E-state index in [4.69, 9.17) is 4.42 Å². The smallest absolute Gasteiger partial charge is 0.255 e. The average Bonchev–Trinajstić information content (AvgIpc) is 3.29. The van der Waals surface area contributed by atoms with Crippen LogP contribution in [0.2, 0.25) is 0 Å². The molecule has 0 aliphatic carbocycles. The topological polar surface area (TPSA) is 67.5 Å². The summed E-state index contributed by atoms with van der Waals surface area (Å²) in [7, 11) is 0. The van der Waals surface area contributed by atoms with Gasteiger partial charge in [0.2, 0.25) is 5.91 Å². The molecule has 0 unspecified atom stereocenters. The van der Waals surface area contributed by atoms with Crippen molar-refractivity contribution in [3.05, 3.63) is 47.2 Å². The number of hydrogen-bond acceptors (Lipinski definition) is 3. The summed E-state index contributed by atoms with van der Waals surface area (Å²) in [6.07, 6.45) is 4.06. The van der Waals surface area contributed by atoms with Crippen LogP contribution in [0, 0.1) is 19.8 Å². The number of aromatic nitrogens is 1. The fourth-order valence-corrected chi connectivity index (χ4v) is 3.73. The van der Waals surface area contributed by atoms with Crippen molar-refractivity contribution in [2.24, 2.45) is 5.92 Å². The molecule has 0 radical (unpaired) electrons. The monoisotopic (exact) mass is 371 g/mol. The molecule has 0 bridgehead atoms. The number of furan rings is 1. The molecule has 0 saturated carbocycles. The number of rotatable bonds is 6. The van der Waals surface area contributed by atoms with E-state index in [9.17, 15) is 9.59 Å². The Balaban J connectivity index is 1.64. The molecular weight excluding hydrogens is 342 g/mol.